The van der Waals surface area contributed by atoms with Gasteiger partial charge in [-0.05, 0) is 12.1 Å². The standard InChI is InChI=1S/C9H11FN2O2/c1-12(5-6-13)9(14)7-3-2-4-8(10)11-7/h2-4,13H,5-6H2,1H3. The van der Waals surface area contributed by atoms with Crippen molar-refractivity contribution in [1.29, 1.82) is 0 Å². The summed E-state index contributed by atoms with van der Waals surface area (Å²) in [5.74, 6) is -1.09. The third-order valence-electron chi connectivity index (χ3n) is 1.72. The summed E-state index contributed by atoms with van der Waals surface area (Å²) in [5, 5.41) is 8.60. The molecule has 76 valence electrons. The zero-order chi connectivity index (χ0) is 10.6. The lowest BCUT2D eigenvalue weighted by atomic mass is 10.3. The van der Waals surface area contributed by atoms with Gasteiger partial charge in [-0.3, -0.25) is 4.79 Å². The smallest absolute Gasteiger partial charge is 0.272 e. The molecule has 1 N–H and O–H groups in total. The van der Waals surface area contributed by atoms with Crippen molar-refractivity contribution in [2.24, 2.45) is 0 Å². The van der Waals surface area contributed by atoms with Gasteiger partial charge >= 0.3 is 0 Å². The number of aliphatic hydroxyl groups excluding tert-OH is 1. The Hall–Kier alpha value is -1.49. The Balaban J connectivity index is 2.78. The van der Waals surface area contributed by atoms with Gasteiger partial charge in [0.1, 0.15) is 5.69 Å². The highest BCUT2D eigenvalue weighted by molar-refractivity contribution is 5.92. The van der Waals surface area contributed by atoms with Crippen LogP contribution in [0.3, 0.4) is 0 Å². The minimum Gasteiger partial charge on any atom is -0.395 e. The SMILES string of the molecule is CN(CCO)C(=O)c1cccc(F)n1. The van der Waals surface area contributed by atoms with E-state index in [1.807, 2.05) is 0 Å². The molecule has 0 atom stereocenters. The largest absolute Gasteiger partial charge is 0.395 e. The predicted octanol–water partition coefficient (Wildman–Crippen LogP) is 0.285. The summed E-state index contributed by atoms with van der Waals surface area (Å²) >= 11 is 0. The first-order chi connectivity index (χ1) is 6.65. The van der Waals surface area contributed by atoms with Crippen LogP contribution in [0.5, 0.6) is 0 Å². The molecule has 14 heavy (non-hydrogen) atoms. The molecule has 0 spiro atoms. The molecule has 0 saturated heterocycles. The third-order valence-corrected chi connectivity index (χ3v) is 1.72. The fourth-order valence-corrected chi connectivity index (χ4v) is 0.974. The summed E-state index contributed by atoms with van der Waals surface area (Å²) in [7, 11) is 1.52. The highest BCUT2D eigenvalue weighted by atomic mass is 19.1. The van der Waals surface area contributed by atoms with Crippen molar-refractivity contribution in [1.82, 2.24) is 9.88 Å². The molecule has 5 heteroatoms. The Bertz CT molecular complexity index is 330. The monoisotopic (exact) mass is 198 g/mol. The van der Waals surface area contributed by atoms with E-state index in [1.54, 1.807) is 0 Å². The molecule has 1 aromatic heterocycles. The highest BCUT2D eigenvalue weighted by Crippen LogP contribution is 2.01. The van der Waals surface area contributed by atoms with E-state index in [0.29, 0.717) is 0 Å². The first-order valence-electron chi connectivity index (χ1n) is 4.14. The summed E-state index contributed by atoms with van der Waals surface area (Å²) in [6.45, 7) is 0.0780. The second-order valence-corrected chi connectivity index (χ2v) is 2.80. The van der Waals surface area contributed by atoms with Crippen molar-refractivity contribution >= 4 is 5.91 Å². The number of pyridine rings is 1. The minimum atomic E-state index is -0.687. The van der Waals surface area contributed by atoms with Crippen molar-refractivity contribution in [3.63, 3.8) is 0 Å². The second kappa shape index (κ2) is 4.66. The molecule has 0 fully saturated rings. The predicted molar refractivity (Wildman–Crippen MR) is 48.2 cm³/mol. The molecule has 1 rings (SSSR count). The van der Waals surface area contributed by atoms with Gasteiger partial charge in [0.15, 0.2) is 0 Å². The van der Waals surface area contributed by atoms with Gasteiger partial charge in [-0.25, -0.2) is 4.98 Å². The lowest BCUT2D eigenvalue weighted by Crippen LogP contribution is -2.30. The molecule has 0 aliphatic carbocycles. The van der Waals surface area contributed by atoms with E-state index in [-0.39, 0.29) is 18.8 Å². The van der Waals surface area contributed by atoms with Crippen LogP contribution in [0.2, 0.25) is 0 Å². The van der Waals surface area contributed by atoms with Crippen LogP contribution in [0.1, 0.15) is 10.5 Å². The number of rotatable bonds is 3. The summed E-state index contributed by atoms with van der Waals surface area (Å²) in [6, 6.07) is 4.02. The Morgan fingerprint density at radius 2 is 2.36 bits per heavy atom. The second-order valence-electron chi connectivity index (χ2n) is 2.80. The maximum atomic E-state index is 12.6. The molecule has 1 amide bonds. The number of likely N-dealkylation sites (N-methyl/N-ethyl adjacent to an activating group) is 1. The molecule has 1 aromatic rings. The van der Waals surface area contributed by atoms with Crippen LogP contribution in [-0.2, 0) is 0 Å². The first-order valence-corrected chi connectivity index (χ1v) is 4.14. The quantitative estimate of drug-likeness (QED) is 0.710. The molecule has 0 aromatic carbocycles. The summed E-state index contributed by atoms with van der Waals surface area (Å²) in [5.41, 5.74) is 0.0425. The molecule has 0 bridgehead atoms. The number of nitrogens with zero attached hydrogens (tertiary/aromatic N) is 2. The molecule has 0 aliphatic heterocycles. The molecule has 4 nitrogen and oxygen atoms in total. The Morgan fingerprint density at radius 3 is 2.93 bits per heavy atom. The average Bonchev–Trinajstić information content (AvgIpc) is 2.17. The van der Waals surface area contributed by atoms with Gasteiger partial charge in [0, 0.05) is 13.6 Å². The van der Waals surface area contributed by atoms with Crippen LogP contribution in [0.25, 0.3) is 0 Å². The lowest BCUT2D eigenvalue weighted by Gasteiger charge is -2.14. The maximum absolute atomic E-state index is 12.6. The van der Waals surface area contributed by atoms with Gasteiger partial charge in [0.2, 0.25) is 5.95 Å². The summed E-state index contributed by atoms with van der Waals surface area (Å²) in [6.07, 6.45) is 0. The van der Waals surface area contributed by atoms with Crippen molar-refractivity contribution in [3.8, 4) is 0 Å². The Labute approximate surface area is 81.0 Å². The van der Waals surface area contributed by atoms with Crippen molar-refractivity contribution in [3.05, 3.63) is 29.8 Å². The van der Waals surface area contributed by atoms with Crippen LogP contribution >= 0.6 is 0 Å². The fourth-order valence-electron chi connectivity index (χ4n) is 0.974. The van der Waals surface area contributed by atoms with E-state index in [2.05, 4.69) is 4.98 Å². The number of amides is 1. The number of hydrogen-bond donors (Lipinski definition) is 1. The molecule has 0 unspecified atom stereocenters. The van der Waals surface area contributed by atoms with Gasteiger partial charge in [0.05, 0.1) is 6.61 Å². The molecular weight excluding hydrogens is 187 g/mol. The molecule has 0 aliphatic rings. The number of halogens is 1. The van der Waals surface area contributed by atoms with E-state index >= 15 is 0 Å². The van der Waals surface area contributed by atoms with Gasteiger partial charge in [0.25, 0.3) is 5.91 Å². The van der Waals surface area contributed by atoms with Crippen LogP contribution in [0.4, 0.5) is 4.39 Å². The van der Waals surface area contributed by atoms with Gasteiger partial charge in [-0.2, -0.15) is 4.39 Å². The van der Waals surface area contributed by atoms with Gasteiger partial charge < -0.3 is 10.0 Å². The summed E-state index contributed by atoms with van der Waals surface area (Å²) < 4.78 is 12.6. The zero-order valence-electron chi connectivity index (χ0n) is 7.77. The van der Waals surface area contributed by atoms with E-state index in [9.17, 15) is 9.18 Å². The molecular formula is C9H11FN2O2. The van der Waals surface area contributed by atoms with Crippen molar-refractivity contribution in [2.45, 2.75) is 0 Å². The minimum absolute atomic E-state index is 0.0425. The molecule has 0 radical (unpaired) electrons. The number of carbonyl (C=O) groups excluding carboxylic acids is 1. The number of carbonyl (C=O) groups is 1. The van der Waals surface area contributed by atoms with Gasteiger partial charge in [-0.15, -0.1) is 0 Å². The van der Waals surface area contributed by atoms with Crippen molar-refractivity contribution in [2.75, 3.05) is 20.2 Å². The first kappa shape index (κ1) is 10.6. The topological polar surface area (TPSA) is 53.4 Å². The van der Waals surface area contributed by atoms with E-state index < -0.39 is 11.9 Å². The zero-order valence-corrected chi connectivity index (χ0v) is 7.77. The van der Waals surface area contributed by atoms with E-state index in [1.165, 1.54) is 30.1 Å². The maximum Gasteiger partial charge on any atom is 0.272 e. The average molecular weight is 198 g/mol. The third kappa shape index (κ3) is 2.50. The van der Waals surface area contributed by atoms with Crippen LogP contribution in [-0.4, -0.2) is 41.1 Å². The highest BCUT2D eigenvalue weighted by Gasteiger charge is 2.12. The fraction of sp³-hybridized carbons (Fsp3) is 0.333. The van der Waals surface area contributed by atoms with Crippen LogP contribution < -0.4 is 0 Å². The van der Waals surface area contributed by atoms with E-state index in [4.69, 9.17) is 5.11 Å². The van der Waals surface area contributed by atoms with E-state index in [0.717, 1.165) is 0 Å². The van der Waals surface area contributed by atoms with Crippen LogP contribution in [0, 0.1) is 5.95 Å². The van der Waals surface area contributed by atoms with Crippen molar-refractivity contribution < 1.29 is 14.3 Å². The summed E-state index contributed by atoms with van der Waals surface area (Å²) in [4.78, 5) is 16.2. The number of aromatic nitrogens is 1. The normalized spacial score (nSPS) is 9.93. The molecule has 1 heterocycles. The number of hydrogen-bond acceptors (Lipinski definition) is 3. The van der Waals surface area contributed by atoms with Crippen LogP contribution in [0.15, 0.2) is 18.2 Å². The lowest BCUT2D eigenvalue weighted by molar-refractivity contribution is 0.0760. The number of aliphatic hydroxyl groups is 1. The Morgan fingerprint density at radius 1 is 1.64 bits per heavy atom. The Kier molecular flexibility index (Phi) is 3.53. The van der Waals surface area contributed by atoms with Gasteiger partial charge in [-0.1, -0.05) is 6.07 Å². The molecule has 0 saturated carbocycles.